The molecule has 0 heterocycles. The van der Waals surface area contributed by atoms with Crippen molar-refractivity contribution in [3.8, 4) is 0 Å². The SMILES string of the molecule is O=C(O)CCCCCC(=O)N/N=C/C(Br)=C/c1ccccc1. The summed E-state index contributed by atoms with van der Waals surface area (Å²) in [5.74, 6) is -0.976. The van der Waals surface area contributed by atoms with Gasteiger partial charge >= 0.3 is 5.97 Å². The average Bonchev–Trinajstić information content (AvgIpc) is 2.47. The smallest absolute Gasteiger partial charge is 0.303 e. The van der Waals surface area contributed by atoms with E-state index in [1.807, 2.05) is 36.4 Å². The number of benzene rings is 1. The molecule has 1 aromatic carbocycles. The number of rotatable bonds is 9. The minimum atomic E-state index is -0.802. The van der Waals surface area contributed by atoms with Gasteiger partial charge in [0.1, 0.15) is 0 Å². The van der Waals surface area contributed by atoms with E-state index in [1.54, 1.807) is 0 Å². The molecule has 0 aliphatic carbocycles. The van der Waals surface area contributed by atoms with Crippen molar-refractivity contribution < 1.29 is 14.7 Å². The van der Waals surface area contributed by atoms with E-state index in [0.717, 1.165) is 16.5 Å². The molecule has 0 saturated carbocycles. The van der Waals surface area contributed by atoms with Crippen molar-refractivity contribution in [3.63, 3.8) is 0 Å². The quantitative estimate of drug-likeness (QED) is 0.398. The first-order valence-electron chi connectivity index (χ1n) is 7.04. The van der Waals surface area contributed by atoms with Crippen molar-refractivity contribution in [1.29, 1.82) is 0 Å². The first-order valence-corrected chi connectivity index (χ1v) is 7.83. The number of carboxylic acid groups (broad SMARTS) is 1. The molecule has 118 valence electrons. The van der Waals surface area contributed by atoms with Crippen molar-refractivity contribution in [2.45, 2.75) is 32.1 Å². The lowest BCUT2D eigenvalue weighted by Gasteiger charge is -1.99. The second-order valence-corrected chi connectivity index (χ2v) is 5.60. The van der Waals surface area contributed by atoms with E-state index < -0.39 is 5.97 Å². The Bertz CT molecular complexity index is 542. The highest BCUT2D eigenvalue weighted by Gasteiger charge is 2.01. The number of hydrogen-bond acceptors (Lipinski definition) is 3. The van der Waals surface area contributed by atoms with Gasteiger partial charge in [-0.05, 0) is 40.4 Å². The third-order valence-electron chi connectivity index (χ3n) is 2.78. The van der Waals surface area contributed by atoms with Crippen LogP contribution in [0.2, 0.25) is 0 Å². The first-order chi connectivity index (χ1) is 10.6. The molecule has 0 unspecified atom stereocenters. The van der Waals surface area contributed by atoms with Crippen LogP contribution in [0.4, 0.5) is 0 Å². The summed E-state index contributed by atoms with van der Waals surface area (Å²) in [6, 6.07) is 9.75. The van der Waals surface area contributed by atoms with Gasteiger partial charge in [-0.25, -0.2) is 5.43 Å². The van der Waals surface area contributed by atoms with Crippen LogP contribution >= 0.6 is 15.9 Å². The van der Waals surface area contributed by atoms with Crippen LogP contribution < -0.4 is 5.43 Å². The number of carbonyl (C=O) groups excluding carboxylic acids is 1. The van der Waals surface area contributed by atoms with Gasteiger partial charge in [0, 0.05) is 17.3 Å². The van der Waals surface area contributed by atoms with Gasteiger partial charge in [-0.15, -0.1) is 0 Å². The van der Waals surface area contributed by atoms with Crippen molar-refractivity contribution in [1.82, 2.24) is 5.43 Å². The molecule has 0 radical (unpaired) electrons. The Labute approximate surface area is 138 Å². The average molecular weight is 367 g/mol. The summed E-state index contributed by atoms with van der Waals surface area (Å²) in [6.45, 7) is 0. The van der Waals surface area contributed by atoms with Crippen molar-refractivity contribution in [2.24, 2.45) is 5.10 Å². The number of nitrogens with one attached hydrogen (secondary N) is 1. The summed E-state index contributed by atoms with van der Waals surface area (Å²) in [4.78, 5) is 21.8. The summed E-state index contributed by atoms with van der Waals surface area (Å²) in [6.07, 6.45) is 5.89. The lowest BCUT2D eigenvalue weighted by atomic mass is 10.1. The summed E-state index contributed by atoms with van der Waals surface area (Å²) >= 11 is 3.36. The summed E-state index contributed by atoms with van der Waals surface area (Å²) in [5.41, 5.74) is 3.48. The van der Waals surface area contributed by atoms with Gasteiger partial charge in [0.05, 0.1) is 6.21 Å². The van der Waals surface area contributed by atoms with E-state index in [4.69, 9.17) is 5.11 Å². The number of hydrazone groups is 1. The van der Waals surface area contributed by atoms with Crippen molar-refractivity contribution >= 4 is 40.1 Å². The van der Waals surface area contributed by atoms with Crippen LogP contribution in [0.25, 0.3) is 6.08 Å². The van der Waals surface area contributed by atoms with Gasteiger partial charge in [-0.3, -0.25) is 9.59 Å². The highest BCUT2D eigenvalue weighted by molar-refractivity contribution is 9.12. The van der Waals surface area contributed by atoms with E-state index in [2.05, 4.69) is 26.5 Å². The number of carboxylic acids is 1. The van der Waals surface area contributed by atoms with Gasteiger partial charge in [-0.2, -0.15) is 5.10 Å². The predicted octanol–water partition coefficient (Wildman–Crippen LogP) is 3.56. The second-order valence-electron chi connectivity index (χ2n) is 4.69. The van der Waals surface area contributed by atoms with Gasteiger partial charge in [0.2, 0.25) is 5.91 Å². The molecule has 1 rings (SSSR count). The number of aliphatic carboxylic acids is 1. The standard InChI is InChI=1S/C16H19BrN2O3/c17-14(11-13-7-3-1-4-8-13)12-18-19-15(20)9-5-2-6-10-16(21)22/h1,3-4,7-8,11-12H,2,5-6,9-10H2,(H,19,20)(H,21,22)/b14-11-,18-12+. The Morgan fingerprint density at radius 3 is 2.50 bits per heavy atom. The van der Waals surface area contributed by atoms with Gasteiger partial charge in [-0.1, -0.05) is 36.8 Å². The molecule has 0 aliphatic rings. The summed E-state index contributed by atoms with van der Waals surface area (Å²) in [7, 11) is 0. The maximum atomic E-state index is 11.5. The number of allylic oxidation sites excluding steroid dienone is 1. The monoisotopic (exact) mass is 366 g/mol. The minimum Gasteiger partial charge on any atom is -0.481 e. The van der Waals surface area contributed by atoms with Crippen molar-refractivity contribution in [2.75, 3.05) is 0 Å². The summed E-state index contributed by atoms with van der Waals surface area (Å²) in [5, 5.41) is 12.3. The van der Waals surface area contributed by atoms with Crippen LogP contribution in [0.3, 0.4) is 0 Å². The Morgan fingerprint density at radius 2 is 1.82 bits per heavy atom. The van der Waals surface area contributed by atoms with E-state index in [0.29, 0.717) is 19.3 Å². The number of amides is 1. The molecule has 22 heavy (non-hydrogen) atoms. The number of nitrogens with zero attached hydrogens (tertiary/aromatic N) is 1. The Balaban J connectivity index is 2.23. The van der Waals surface area contributed by atoms with Gasteiger partial charge < -0.3 is 5.11 Å². The molecule has 6 heteroatoms. The Kier molecular flexibility index (Phi) is 8.83. The minimum absolute atomic E-state index is 0.150. The van der Waals surface area contributed by atoms with Crippen LogP contribution in [0, 0.1) is 0 Å². The molecule has 0 saturated heterocycles. The first kappa shape index (κ1) is 18.1. The lowest BCUT2D eigenvalue weighted by molar-refractivity contribution is -0.137. The van der Waals surface area contributed by atoms with Gasteiger partial charge in [0.15, 0.2) is 0 Å². The fraction of sp³-hybridized carbons (Fsp3) is 0.312. The fourth-order valence-corrected chi connectivity index (χ4v) is 2.07. The largest absolute Gasteiger partial charge is 0.481 e. The maximum absolute atomic E-state index is 11.5. The van der Waals surface area contributed by atoms with E-state index in [-0.39, 0.29) is 12.3 Å². The number of carbonyl (C=O) groups is 2. The van der Waals surface area contributed by atoms with Gasteiger partial charge in [0.25, 0.3) is 0 Å². The zero-order valence-electron chi connectivity index (χ0n) is 12.2. The van der Waals surface area contributed by atoms with E-state index in [1.165, 1.54) is 6.21 Å². The normalized spacial score (nSPS) is 11.6. The van der Waals surface area contributed by atoms with Crippen molar-refractivity contribution in [3.05, 3.63) is 40.4 Å². The highest BCUT2D eigenvalue weighted by atomic mass is 79.9. The maximum Gasteiger partial charge on any atom is 0.303 e. The van der Waals surface area contributed by atoms with E-state index >= 15 is 0 Å². The van der Waals surface area contributed by atoms with Crippen LogP contribution in [0.1, 0.15) is 37.7 Å². The number of hydrogen-bond donors (Lipinski definition) is 2. The van der Waals surface area contributed by atoms with Crippen LogP contribution in [0.15, 0.2) is 39.9 Å². The molecule has 0 fully saturated rings. The number of unbranched alkanes of at least 4 members (excludes halogenated alkanes) is 2. The molecular weight excluding hydrogens is 348 g/mol. The molecule has 1 aromatic rings. The molecule has 0 spiro atoms. The van der Waals surface area contributed by atoms with Crippen LogP contribution in [-0.2, 0) is 9.59 Å². The Morgan fingerprint density at radius 1 is 1.14 bits per heavy atom. The molecule has 0 aromatic heterocycles. The molecule has 0 atom stereocenters. The lowest BCUT2D eigenvalue weighted by Crippen LogP contribution is -2.16. The summed E-state index contributed by atoms with van der Waals surface area (Å²) < 4.78 is 0.750. The third kappa shape index (κ3) is 9.07. The third-order valence-corrected chi connectivity index (χ3v) is 3.21. The molecule has 2 N–H and O–H groups in total. The zero-order chi connectivity index (χ0) is 16.2. The number of halogens is 1. The van der Waals surface area contributed by atoms with E-state index in [9.17, 15) is 9.59 Å². The fourth-order valence-electron chi connectivity index (χ4n) is 1.71. The molecule has 1 amide bonds. The van der Waals surface area contributed by atoms with Crippen LogP contribution in [-0.4, -0.2) is 23.2 Å². The molecule has 0 aliphatic heterocycles. The van der Waals surface area contributed by atoms with Crippen LogP contribution in [0.5, 0.6) is 0 Å². The molecule has 5 nitrogen and oxygen atoms in total. The molecular formula is C16H19BrN2O3. The molecule has 0 bridgehead atoms. The second kappa shape index (κ2) is 10.7. The predicted molar refractivity (Wildman–Crippen MR) is 90.7 cm³/mol. The topological polar surface area (TPSA) is 78.8 Å². The highest BCUT2D eigenvalue weighted by Crippen LogP contribution is 2.09. The zero-order valence-corrected chi connectivity index (χ0v) is 13.8. The Hall–Kier alpha value is -1.95.